The average Bonchev–Trinajstić information content (AvgIpc) is 2.22. The van der Waals surface area contributed by atoms with E-state index in [1.165, 1.54) is 6.92 Å². The summed E-state index contributed by atoms with van der Waals surface area (Å²) < 4.78 is 6.08. The Morgan fingerprint density at radius 3 is 2.67 bits per heavy atom. The summed E-state index contributed by atoms with van der Waals surface area (Å²) in [7, 11) is 0. The van der Waals surface area contributed by atoms with Gasteiger partial charge >= 0.3 is 5.97 Å². The molecule has 0 N–H and O–H groups in total. The van der Waals surface area contributed by atoms with Gasteiger partial charge in [-0.1, -0.05) is 30.3 Å². The molecule has 0 aliphatic heterocycles. The van der Waals surface area contributed by atoms with Crippen LogP contribution in [-0.4, -0.2) is 5.97 Å². The fourth-order valence-electron chi connectivity index (χ4n) is 1.45. The van der Waals surface area contributed by atoms with Crippen LogP contribution in [0.1, 0.15) is 6.92 Å². The number of ether oxygens (including phenoxy) is 1. The molecule has 0 aliphatic carbocycles. The number of carbonyl (C=O) groups excluding carboxylic acids is 1. The van der Waals surface area contributed by atoms with Gasteiger partial charge in [0.2, 0.25) is 0 Å². The molecule has 0 fully saturated rings. The lowest BCUT2D eigenvalue weighted by molar-refractivity contribution is -0.131. The molecule has 2 nitrogen and oxygen atoms in total. The van der Waals surface area contributed by atoms with Crippen molar-refractivity contribution in [3.05, 3.63) is 40.0 Å². The van der Waals surface area contributed by atoms with E-state index in [1.54, 1.807) is 0 Å². The quantitative estimate of drug-likeness (QED) is 0.458. The van der Waals surface area contributed by atoms with E-state index >= 15 is 0 Å². The van der Waals surface area contributed by atoms with Crippen LogP contribution >= 0.6 is 22.6 Å². The van der Waals surface area contributed by atoms with Crippen molar-refractivity contribution >= 4 is 39.3 Å². The Hall–Kier alpha value is -1.10. The van der Waals surface area contributed by atoms with Crippen LogP contribution in [0.5, 0.6) is 5.75 Å². The fraction of sp³-hybridized carbons (Fsp3) is 0.0833. The minimum atomic E-state index is -0.289. The molecule has 0 radical (unpaired) electrons. The van der Waals surface area contributed by atoms with Crippen LogP contribution in [0.15, 0.2) is 36.4 Å². The molecule has 0 amide bonds. The van der Waals surface area contributed by atoms with Gasteiger partial charge < -0.3 is 4.74 Å². The zero-order valence-electron chi connectivity index (χ0n) is 8.16. The van der Waals surface area contributed by atoms with Crippen molar-refractivity contribution in [3.63, 3.8) is 0 Å². The first kappa shape index (κ1) is 10.4. The van der Waals surface area contributed by atoms with Gasteiger partial charge in [-0.25, -0.2) is 0 Å². The van der Waals surface area contributed by atoms with Crippen LogP contribution in [0.4, 0.5) is 0 Å². The molecule has 0 heterocycles. The normalized spacial score (nSPS) is 10.3. The molecule has 0 saturated carbocycles. The second kappa shape index (κ2) is 4.18. The SMILES string of the molecule is CC(=O)Oc1ccc2ccccc2c1I. The molecule has 2 aromatic carbocycles. The number of halogens is 1. The number of hydrogen-bond donors (Lipinski definition) is 0. The maximum Gasteiger partial charge on any atom is 0.308 e. The highest BCUT2D eigenvalue weighted by Gasteiger charge is 2.07. The topological polar surface area (TPSA) is 26.3 Å². The molecule has 0 spiro atoms. The first-order valence-electron chi connectivity index (χ1n) is 4.54. The van der Waals surface area contributed by atoms with Crippen LogP contribution in [0.25, 0.3) is 10.8 Å². The first-order valence-corrected chi connectivity index (χ1v) is 5.62. The Morgan fingerprint density at radius 2 is 1.93 bits per heavy atom. The van der Waals surface area contributed by atoms with Crippen LogP contribution in [0.3, 0.4) is 0 Å². The summed E-state index contributed by atoms with van der Waals surface area (Å²) in [5, 5.41) is 2.26. The highest BCUT2D eigenvalue weighted by Crippen LogP contribution is 2.29. The van der Waals surface area contributed by atoms with Crippen molar-refractivity contribution in [2.45, 2.75) is 6.92 Å². The Bertz CT molecular complexity index is 520. The number of fused-ring (bicyclic) bond motifs is 1. The van der Waals surface area contributed by atoms with E-state index in [9.17, 15) is 4.79 Å². The molecule has 0 aromatic heterocycles. The van der Waals surface area contributed by atoms with E-state index in [1.807, 2.05) is 36.4 Å². The number of hydrogen-bond acceptors (Lipinski definition) is 2. The molecule has 2 aromatic rings. The third-order valence-electron chi connectivity index (χ3n) is 2.08. The molecule has 76 valence electrons. The lowest BCUT2D eigenvalue weighted by Gasteiger charge is -2.06. The molecule has 15 heavy (non-hydrogen) atoms. The van der Waals surface area contributed by atoms with Crippen molar-refractivity contribution in [2.24, 2.45) is 0 Å². The van der Waals surface area contributed by atoms with Gasteiger partial charge in [0.15, 0.2) is 0 Å². The molecule has 3 heteroatoms. The van der Waals surface area contributed by atoms with Gasteiger partial charge in [-0.2, -0.15) is 0 Å². The van der Waals surface area contributed by atoms with Crippen molar-refractivity contribution in [3.8, 4) is 5.75 Å². The highest BCUT2D eigenvalue weighted by molar-refractivity contribution is 14.1. The maximum absolute atomic E-state index is 10.9. The lowest BCUT2D eigenvalue weighted by Crippen LogP contribution is -2.02. The number of rotatable bonds is 1. The summed E-state index contributed by atoms with van der Waals surface area (Å²) in [6.45, 7) is 1.41. The molecular formula is C12H9IO2. The van der Waals surface area contributed by atoms with Gasteiger partial charge in [-0.3, -0.25) is 4.79 Å². The van der Waals surface area contributed by atoms with Gasteiger partial charge in [-0.15, -0.1) is 0 Å². The largest absolute Gasteiger partial charge is 0.426 e. The second-order valence-corrected chi connectivity index (χ2v) is 4.27. The van der Waals surface area contributed by atoms with Gasteiger partial charge in [-0.05, 0) is 39.4 Å². The van der Waals surface area contributed by atoms with Crippen molar-refractivity contribution in [1.82, 2.24) is 0 Å². The van der Waals surface area contributed by atoms with E-state index in [-0.39, 0.29) is 5.97 Å². The van der Waals surface area contributed by atoms with Crippen LogP contribution in [-0.2, 0) is 4.79 Å². The monoisotopic (exact) mass is 312 g/mol. The predicted octanol–water partition coefficient (Wildman–Crippen LogP) is 3.37. The van der Waals surface area contributed by atoms with E-state index in [0.717, 1.165) is 14.3 Å². The van der Waals surface area contributed by atoms with E-state index < -0.39 is 0 Å². The van der Waals surface area contributed by atoms with Crippen molar-refractivity contribution in [1.29, 1.82) is 0 Å². The molecule has 0 unspecified atom stereocenters. The molecule has 0 saturated heterocycles. The Labute approximate surface area is 101 Å². The summed E-state index contributed by atoms with van der Waals surface area (Å²) in [6.07, 6.45) is 0. The first-order chi connectivity index (χ1) is 7.18. The van der Waals surface area contributed by atoms with Crippen LogP contribution in [0.2, 0.25) is 0 Å². The minimum Gasteiger partial charge on any atom is -0.426 e. The number of benzene rings is 2. The van der Waals surface area contributed by atoms with Gasteiger partial charge in [0.25, 0.3) is 0 Å². The predicted molar refractivity (Wildman–Crippen MR) is 68.0 cm³/mol. The molecule has 0 aliphatic rings. The van der Waals surface area contributed by atoms with Gasteiger partial charge in [0, 0.05) is 6.92 Å². The van der Waals surface area contributed by atoms with Crippen LogP contribution in [0, 0.1) is 3.57 Å². The summed E-state index contributed by atoms with van der Waals surface area (Å²) in [5.41, 5.74) is 0. The van der Waals surface area contributed by atoms with Gasteiger partial charge in [0.1, 0.15) is 5.75 Å². The maximum atomic E-state index is 10.9. The Morgan fingerprint density at radius 1 is 1.20 bits per heavy atom. The Kier molecular flexibility index (Phi) is 2.90. The summed E-state index contributed by atoms with van der Waals surface area (Å²) >= 11 is 2.19. The van der Waals surface area contributed by atoms with Crippen molar-refractivity contribution in [2.75, 3.05) is 0 Å². The lowest BCUT2D eigenvalue weighted by atomic mass is 10.1. The average molecular weight is 312 g/mol. The second-order valence-electron chi connectivity index (χ2n) is 3.19. The van der Waals surface area contributed by atoms with Crippen molar-refractivity contribution < 1.29 is 9.53 Å². The van der Waals surface area contributed by atoms with Crippen LogP contribution < -0.4 is 4.74 Å². The third-order valence-corrected chi connectivity index (χ3v) is 3.19. The minimum absolute atomic E-state index is 0.289. The zero-order chi connectivity index (χ0) is 10.8. The van der Waals surface area contributed by atoms with E-state index in [2.05, 4.69) is 22.6 Å². The zero-order valence-corrected chi connectivity index (χ0v) is 10.3. The standard InChI is InChI=1S/C12H9IO2/c1-8(14)15-11-7-6-9-4-2-3-5-10(9)12(11)13/h2-7H,1H3. The smallest absolute Gasteiger partial charge is 0.308 e. The molecule has 0 atom stereocenters. The number of esters is 1. The highest BCUT2D eigenvalue weighted by atomic mass is 127. The third kappa shape index (κ3) is 2.12. The summed E-state index contributed by atoms with van der Waals surface area (Å²) in [4.78, 5) is 10.9. The summed E-state index contributed by atoms with van der Waals surface area (Å²) in [5.74, 6) is 0.338. The van der Waals surface area contributed by atoms with E-state index in [0.29, 0.717) is 5.75 Å². The van der Waals surface area contributed by atoms with E-state index in [4.69, 9.17) is 4.74 Å². The summed E-state index contributed by atoms with van der Waals surface area (Å²) in [6, 6.07) is 11.8. The number of carbonyl (C=O) groups is 1. The molecular weight excluding hydrogens is 303 g/mol. The fourth-order valence-corrected chi connectivity index (χ4v) is 2.23. The molecule has 0 bridgehead atoms. The molecule has 2 rings (SSSR count). The van der Waals surface area contributed by atoms with Gasteiger partial charge in [0.05, 0.1) is 3.57 Å². The Balaban J connectivity index is 2.59.